The van der Waals surface area contributed by atoms with Gasteiger partial charge in [-0.1, -0.05) is 5.21 Å². The lowest BCUT2D eigenvalue weighted by Crippen LogP contribution is -2.40. The minimum absolute atomic E-state index is 0.0125. The second kappa shape index (κ2) is 4.44. The van der Waals surface area contributed by atoms with Crippen LogP contribution in [-0.2, 0) is 16.8 Å². The molecule has 0 fully saturated rings. The van der Waals surface area contributed by atoms with Crippen molar-refractivity contribution in [2.24, 2.45) is 0 Å². The van der Waals surface area contributed by atoms with E-state index in [1.807, 2.05) is 0 Å². The van der Waals surface area contributed by atoms with Gasteiger partial charge in [0.15, 0.2) is 5.82 Å². The summed E-state index contributed by atoms with van der Waals surface area (Å²) in [5.74, 6) is 0.291. The molecule has 0 atom stereocenters. The average molecular weight is 220 g/mol. The lowest BCUT2D eigenvalue weighted by molar-refractivity contribution is 0.553. The molecule has 0 aliphatic heterocycles. The minimum atomic E-state index is -3.48. The summed E-state index contributed by atoms with van der Waals surface area (Å²) in [4.78, 5) is 0. The molecule has 1 aromatic rings. The molecule has 0 aliphatic carbocycles. The van der Waals surface area contributed by atoms with E-state index in [0.29, 0.717) is 5.82 Å². The van der Waals surface area contributed by atoms with Gasteiger partial charge in [-0.05, 0) is 13.8 Å². The molecule has 8 nitrogen and oxygen atoms in total. The van der Waals surface area contributed by atoms with Crippen molar-refractivity contribution in [3.63, 3.8) is 0 Å². The summed E-state index contributed by atoms with van der Waals surface area (Å²) >= 11 is 0. The Labute approximate surface area is 81.7 Å². The molecule has 0 amide bonds. The molecule has 3 N–H and O–H groups in total. The van der Waals surface area contributed by atoms with E-state index in [1.54, 1.807) is 13.8 Å². The fourth-order valence-electron chi connectivity index (χ4n) is 0.769. The van der Waals surface area contributed by atoms with Crippen molar-refractivity contribution in [3.05, 3.63) is 5.82 Å². The van der Waals surface area contributed by atoms with Crippen molar-refractivity contribution in [1.82, 2.24) is 30.1 Å². The highest BCUT2D eigenvalue weighted by Crippen LogP contribution is 1.87. The van der Waals surface area contributed by atoms with Crippen LogP contribution in [0.15, 0.2) is 0 Å². The Bertz CT molecular complexity index is 358. The van der Waals surface area contributed by atoms with E-state index in [9.17, 15) is 8.42 Å². The number of nitrogens with zero attached hydrogens (tertiary/aromatic N) is 3. The van der Waals surface area contributed by atoms with Crippen molar-refractivity contribution in [3.8, 4) is 0 Å². The van der Waals surface area contributed by atoms with Gasteiger partial charge >= 0.3 is 0 Å². The summed E-state index contributed by atoms with van der Waals surface area (Å²) in [7, 11) is -3.48. The summed E-state index contributed by atoms with van der Waals surface area (Å²) in [6.07, 6.45) is 0. The molecule has 0 aromatic carbocycles. The van der Waals surface area contributed by atoms with Crippen LogP contribution in [0.4, 0.5) is 0 Å². The first-order valence-electron chi connectivity index (χ1n) is 3.99. The third kappa shape index (κ3) is 3.77. The predicted molar refractivity (Wildman–Crippen MR) is 48.2 cm³/mol. The van der Waals surface area contributed by atoms with Crippen LogP contribution in [0, 0.1) is 0 Å². The fraction of sp³-hybridized carbons (Fsp3) is 0.800. The largest absolute Gasteiger partial charge is 0.277 e. The van der Waals surface area contributed by atoms with Gasteiger partial charge in [-0.25, -0.2) is 0 Å². The first kappa shape index (κ1) is 11.0. The van der Waals surface area contributed by atoms with E-state index >= 15 is 0 Å². The van der Waals surface area contributed by atoms with E-state index in [0.717, 1.165) is 0 Å². The molecule has 1 aromatic heterocycles. The van der Waals surface area contributed by atoms with Crippen molar-refractivity contribution in [2.45, 2.75) is 26.4 Å². The van der Waals surface area contributed by atoms with Crippen molar-refractivity contribution >= 4 is 10.2 Å². The van der Waals surface area contributed by atoms with Crippen molar-refractivity contribution in [2.75, 3.05) is 0 Å². The minimum Gasteiger partial charge on any atom is -0.200 e. The van der Waals surface area contributed by atoms with Crippen LogP contribution in [0.2, 0.25) is 0 Å². The highest BCUT2D eigenvalue weighted by Gasteiger charge is 2.11. The Kier molecular flexibility index (Phi) is 3.49. The molecule has 1 rings (SSSR count). The monoisotopic (exact) mass is 220 g/mol. The number of nitrogens with one attached hydrogen (secondary N) is 3. The van der Waals surface area contributed by atoms with Gasteiger partial charge in [0, 0.05) is 6.04 Å². The van der Waals surface area contributed by atoms with Gasteiger partial charge in [0.1, 0.15) is 0 Å². The zero-order valence-electron chi connectivity index (χ0n) is 7.85. The quantitative estimate of drug-likeness (QED) is 0.561. The molecule has 0 unspecified atom stereocenters. The molecule has 80 valence electrons. The van der Waals surface area contributed by atoms with Crippen LogP contribution >= 0.6 is 0 Å². The van der Waals surface area contributed by atoms with Crippen LogP contribution in [0.5, 0.6) is 0 Å². The molecule has 1 heterocycles. The first-order valence-corrected chi connectivity index (χ1v) is 5.47. The molecule has 14 heavy (non-hydrogen) atoms. The van der Waals surface area contributed by atoms with Gasteiger partial charge in [-0.15, -0.1) is 10.2 Å². The van der Waals surface area contributed by atoms with Crippen LogP contribution < -0.4 is 9.44 Å². The summed E-state index contributed by atoms with van der Waals surface area (Å²) in [5, 5.41) is 12.7. The highest BCUT2D eigenvalue weighted by molar-refractivity contribution is 7.87. The SMILES string of the molecule is CC(C)NS(=O)(=O)NCc1nn[nH]n1. The fourth-order valence-corrected chi connectivity index (χ4v) is 1.79. The summed E-state index contributed by atoms with van der Waals surface area (Å²) in [6, 6.07) is -0.155. The average Bonchev–Trinajstić information content (AvgIpc) is 2.50. The van der Waals surface area contributed by atoms with Gasteiger partial charge in [-0.2, -0.15) is 23.1 Å². The first-order chi connectivity index (χ1) is 6.49. The molecule has 0 spiro atoms. The predicted octanol–water partition coefficient (Wildman–Crippen LogP) is -1.47. The summed E-state index contributed by atoms with van der Waals surface area (Å²) < 4.78 is 27.1. The van der Waals surface area contributed by atoms with Gasteiger partial charge in [-0.3, -0.25) is 0 Å². The van der Waals surface area contributed by atoms with E-state index < -0.39 is 10.2 Å². The maximum Gasteiger partial charge on any atom is 0.277 e. The molecular formula is C5H12N6O2S. The summed E-state index contributed by atoms with van der Waals surface area (Å²) in [5.41, 5.74) is 0. The molecule has 0 radical (unpaired) electrons. The van der Waals surface area contributed by atoms with Gasteiger partial charge in [0.05, 0.1) is 6.54 Å². The maximum atomic E-state index is 11.2. The lowest BCUT2D eigenvalue weighted by atomic mass is 10.4. The maximum absolute atomic E-state index is 11.2. The number of rotatable bonds is 5. The number of H-pyrrole nitrogens is 1. The lowest BCUT2D eigenvalue weighted by Gasteiger charge is -2.08. The van der Waals surface area contributed by atoms with Gasteiger partial charge in [0.2, 0.25) is 0 Å². The van der Waals surface area contributed by atoms with Crippen LogP contribution in [-0.4, -0.2) is 35.1 Å². The molecular weight excluding hydrogens is 208 g/mol. The van der Waals surface area contributed by atoms with Crippen LogP contribution in [0.3, 0.4) is 0 Å². The van der Waals surface area contributed by atoms with Gasteiger partial charge < -0.3 is 0 Å². The molecule has 0 aliphatic rings. The zero-order chi connectivity index (χ0) is 10.6. The van der Waals surface area contributed by atoms with E-state index in [-0.39, 0.29) is 12.6 Å². The number of tetrazole rings is 1. The third-order valence-electron chi connectivity index (χ3n) is 1.20. The van der Waals surface area contributed by atoms with Crippen LogP contribution in [0.1, 0.15) is 19.7 Å². The number of hydrogen-bond acceptors (Lipinski definition) is 5. The molecule has 0 bridgehead atoms. The van der Waals surface area contributed by atoms with E-state index in [4.69, 9.17) is 0 Å². The molecule has 9 heteroatoms. The second-order valence-electron chi connectivity index (χ2n) is 2.93. The summed E-state index contributed by atoms with van der Waals surface area (Å²) in [6.45, 7) is 3.47. The highest BCUT2D eigenvalue weighted by atomic mass is 32.2. The standard InChI is InChI=1S/C5H12N6O2S/c1-4(2)9-14(12,13)6-3-5-7-10-11-8-5/h4,6,9H,3H2,1-2H3,(H,7,8,10,11). The Morgan fingerprint density at radius 1 is 1.50 bits per heavy atom. The van der Waals surface area contributed by atoms with E-state index in [1.165, 1.54) is 0 Å². The Morgan fingerprint density at radius 2 is 2.21 bits per heavy atom. The third-order valence-corrected chi connectivity index (χ3v) is 2.51. The second-order valence-corrected chi connectivity index (χ2v) is 4.46. The van der Waals surface area contributed by atoms with E-state index in [2.05, 4.69) is 30.1 Å². The molecule has 0 saturated heterocycles. The van der Waals surface area contributed by atoms with Crippen molar-refractivity contribution in [1.29, 1.82) is 0 Å². The number of aromatic amines is 1. The normalized spacial score (nSPS) is 12.2. The zero-order valence-corrected chi connectivity index (χ0v) is 8.67. The molecule has 0 saturated carbocycles. The van der Waals surface area contributed by atoms with Gasteiger partial charge in [0.25, 0.3) is 10.2 Å². The topological polar surface area (TPSA) is 113 Å². The van der Waals surface area contributed by atoms with Crippen molar-refractivity contribution < 1.29 is 8.42 Å². The number of aromatic nitrogens is 4. The number of hydrogen-bond donors (Lipinski definition) is 3. The van der Waals surface area contributed by atoms with Crippen LogP contribution in [0.25, 0.3) is 0 Å². The Morgan fingerprint density at radius 3 is 2.71 bits per heavy atom. The smallest absolute Gasteiger partial charge is 0.200 e. The Hall–Kier alpha value is -1.06. The Balaban J connectivity index is 2.45.